The quantitative estimate of drug-likeness (QED) is 0.427. The fourth-order valence-electron chi connectivity index (χ4n) is 6.69. The third-order valence-corrected chi connectivity index (χ3v) is 9.43. The Balaban J connectivity index is 1.54. The molecular weight excluding hydrogens is 519 g/mol. The first-order chi connectivity index (χ1) is 17.7. The molecule has 13 heteroatoms. The van der Waals surface area contributed by atoms with E-state index in [2.05, 4.69) is 5.32 Å². The third kappa shape index (κ3) is 5.08. The summed E-state index contributed by atoms with van der Waals surface area (Å²) in [6, 6.07) is -3.77. The molecule has 4 N–H and O–H groups in total. The molecule has 4 fully saturated rings. The molecule has 39 heavy (non-hydrogen) atoms. The van der Waals surface area contributed by atoms with E-state index in [1.54, 1.807) is 11.9 Å². The Kier molecular flexibility index (Phi) is 6.79. The Bertz CT molecular complexity index is 1100. The highest BCUT2D eigenvalue weighted by molar-refractivity contribution is 5.96. The van der Waals surface area contributed by atoms with E-state index in [0.717, 1.165) is 12.8 Å². The number of halogens is 3. The summed E-state index contributed by atoms with van der Waals surface area (Å²) in [6.45, 7) is 8.56. The number of likely N-dealkylation sites (tertiary alicyclic amines) is 2. The molecule has 2 aliphatic heterocycles. The van der Waals surface area contributed by atoms with Gasteiger partial charge in [0, 0.05) is 25.0 Å². The van der Waals surface area contributed by atoms with Crippen LogP contribution >= 0.6 is 0 Å². The molecule has 0 unspecified atom stereocenters. The zero-order chi connectivity index (χ0) is 29.5. The molecule has 0 bridgehead atoms. The van der Waals surface area contributed by atoms with Crippen LogP contribution in [-0.2, 0) is 24.0 Å². The number of primary amides is 1. The number of piperidine rings is 1. The molecule has 218 valence electrons. The summed E-state index contributed by atoms with van der Waals surface area (Å²) >= 11 is 0. The predicted octanol–water partition coefficient (Wildman–Crippen LogP) is 0.934. The van der Waals surface area contributed by atoms with Gasteiger partial charge in [-0.1, -0.05) is 34.6 Å². The van der Waals surface area contributed by atoms with Crippen LogP contribution in [0.3, 0.4) is 0 Å². The van der Waals surface area contributed by atoms with Crippen molar-refractivity contribution in [2.45, 2.75) is 90.1 Å². The Labute approximate surface area is 225 Å². The Morgan fingerprint density at radius 2 is 1.69 bits per heavy atom. The first kappa shape index (κ1) is 29.1. The van der Waals surface area contributed by atoms with Gasteiger partial charge in [0.25, 0.3) is 0 Å². The van der Waals surface area contributed by atoms with Crippen LogP contribution in [0.1, 0.15) is 60.3 Å². The number of carbonyl (C=O) groups is 5. The average molecular weight is 558 g/mol. The number of nitrogens with zero attached hydrogens (tertiary/aromatic N) is 2. The average Bonchev–Trinajstić information content (AvgIpc) is 3.58. The van der Waals surface area contributed by atoms with Gasteiger partial charge in [0.1, 0.15) is 18.1 Å². The molecule has 5 amide bonds. The monoisotopic (exact) mass is 557 g/mol. The lowest BCUT2D eigenvalue weighted by Crippen LogP contribution is -2.61. The Morgan fingerprint density at radius 1 is 1.10 bits per heavy atom. The van der Waals surface area contributed by atoms with Crippen LogP contribution in [0.25, 0.3) is 0 Å². The largest absolute Gasteiger partial charge is 0.471 e. The lowest BCUT2D eigenvalue weighted by Gasteiger charge is -2.38. The van der Waals surface area contributed by atoms with E-state index in [1.807, 2.05) is 19.2 Å². The molecule has 2 saturated carbocycles. The maximum absolute atomic E-state index is 13.6. The molecule has 2 saturated heterocycles. The first-order valence-electron chi connectivity index (χ1n) is 13.3. The molecule has 2 heterocycles. The minimum atomic E-state index is -5.19. The van der Waals surface area contributed by atoms with E-state index in [4.69, 9.17) is 5.73 Å². The van der Waals surface area contributed by atoms with Crippen molar-refractivity contribution in [3.05, 3.63) is 0 Å². The van der Waals surface area contributed by atoms with Gasteiger partial charge in [0.15, 0.2) is 0 Å². The van der Waals surface area contributed by atoms with Gasteiger partial charge in [0.2, 0.25) is 23.6 Å². The van der Waals surface area contributed by atoms with E-state index < -0.39 is 59.3 Å². The molecule has 0 aromatic carbocycles. The Morgan fingerprint density at radius 3 is 2.15 bits per heavy atom. The summed E-state index contributed by atoms with van der Waals surface area (Å²) in [7, 11) is 1.73. The maximum atomic E-state index is 13.6. The first-order valence-corrected chi connectivity index (χ1v) is 13.3. The minimum absolute atomic E-state index is 0.0242. The van der Waals surface area contributed by atoms with Crippen molar-refractivity contribution in [1.82, 2.24) is 20.4 Å². The molecule has 0 aromatic heterocycles. The highest BCUT2D eigenvalue weighted by Gasteiger charge is 2.70. The van der Waals surface area contributed by atoms with Gasteiger partial charge in [-0.3, -0.25) is 24.0 Å². The van der Waals surface area contributed by atoms with Crippen molar-refractivity contribution in [1.29, 1.82) is 0 Å². The molecule has 10 nitrogen and oxygen atoms in total. The van der Waals surface area contributed by atoms with Crippen molar-refractivity contribution in [2.75, 3.05) is 13.6 Å². The molecule has 1 spiro atoms. The van der Waals surface area contributed by atoms with E-state index >= 15 is 0 Å². The second kappa shape index (κ2) is 9.09. The predicted molar refractivity (Wildman–Crippen MR) is 132 cm³/mol. The normalized spacial score (nSPS) is 30.0. The fourth-order valence-corrected chi connectivity index (χ4v) is 6.69. The lowest BCUT2D eigenvalue weighted by molar-refractivity contribution is -0.176. The number of carbonyl (C=O) groups excluding carboxylic acids is 5. The fraction of sp³-hybridized carbons (Fsp3) is 0.808. The van der Waals surface area contributed by atoms with Gasteiger partial charge in [0.05, 0.1) is 0 Å². The number of alkyl halides is 3. The van der Waals surface area contributed by atoms with Crippen LogP contribution in [0, 0.1) is 28.6 Å². The molecule has 4 rings (SSSR count). The molecule has 0 radical (unpaired) electrons. The number of rotatable bonds is 7. The standard InChI is InChI=1S/C26H38F3N5O5/c1-23(2,3)17(32-22(39)26(27,28)29)21(38)34-11-13-15(24(13,4)5)16(34)19(36)31-14(18(30)35)9-12-10-25(7-8-25)33(6)20(12)37/h12-17H,7-11H2,1-6H3,(H2,30,35)(H,31,36)(H,32,39)/t12-,13+,14+,15+,16+,17-/m1/s1. The van der Waals surface area contributed by atoms with Crippen LogP contribution < -0.4 is 16.4 Å². The van der Waals surface area contributed by atoms with Gasteiger partial charge in [-0.25, -0.2) is 0 Å². The van der Waals surface area contributed by atoms with Crippen LogP contribution in [0.4, 0.5) is 13.2 Å². The molecular formula is C26H38F3N5O5. The van der Waals surface area contributed by atoms with Crippen LogP contribution in [0.2, 0.25) is 0 Å². The zero-order valence-electron chi connectivity index (χ0n) is 23.1. The molecule has 6 atom stereocenters. The third-order valence-electron chi connectivity index (χ3n) is 9.43. The number of amides is 5. The summed E-state index contributed by atoms with van der Waals surface area (Å²) in [5, 5.41) is 4.46. The highest BCUT2D eigenvalue weighted by Crippen LogP contribution is 2.65. The summed E-state index contributed by atoms with van der Waals surface area (Å²) < 4.78 is 39.1. The van der Waals surface area contributed by atoms with Crippen molar-refractivity contribution in [3.8, 4) is 0 Å². The number of nitrogens with two attached hydrogens (primary N) is 1. The van der Waals surface area contributed by atoms with Gasteiger partial charge < -0.3 is 26.2 Å². The molecule has 2 aliphatic carbocycles. The highest BCUT2D eigenvalue weighted by atomic mass is 19.4. The number of nitrogens with one attached hydrogen (secondary N) is 2. The van der Waals surface area contributed by atoms with E-state index in [0.29, 0.717) is 6.42 Å². The molecule has 4 aliphatic rings. The zero-order valence-corrected chi connectivity index (χ0v) is 23.1. The second-order valence-electron chi connectivity index (χ2n) is 13.4. The number of fused-ring (bicyclic) bond motifs is 1. The van der Waals surface area contributed by atoms with Gasteiger partial charge in [-0.05, 0) is 48.3 Å². The van der Waals surface area contributed by atoms with Crippen LogP contribution in [0.5, 0.6) is 0 Å². The van der Waals surface area contributed by atoms with Gasteiger partial charge in [-0.15, -0.1) is 0 Å². The van der Waals surface area contributed by atoms with Gasteiger partial charge in [-0.2, -0.15) is 13.2 Å². The lowest BCUT2D eigenvalue weighted by atomic mass is 9.85. The van der Waals surface area contributed by atoms with Crippen molar-refractivity contribution < 1.29 is 37.1 Å². The van der Waals surface area contributed by atoms with Crippen LogP contribution in [-0.4, -0.2) is 82.8 Å². The second-order valence-corrected chi connectivity index (χ2v) is 13.4. The minimum Gasteiger partial charge on any atom is -0.368 e. The van der Waals surface area contributed by atoms with E-state index in [-0.39, 0.29) is 41.7 Å². The van der Waals surface area contributed by atoms with Crippen LogP contribution in [0.15, 0.2) is 0 Å². The summed E-state index contributed by atoms with van der Waals surface area (Å²) in [5.74, 6) is -5.47. The maximum Gasteiger partial charge on any atom is 0.471 e. The van der Waals surface area contributed by atoms with Gasteiger partial charge >= 0.3 is 12.1 Å². The SMILES string of the molecule is CN1C(=O)[C@H](C[C@H](NC(=O)[C@@H]2[C@@H]3[C@H](CN2C(=O)[C@@H](NC(=O)C(F)(F)F)C(C)(C)C)C3(C)C)C(N)=O)CC12CC2. The van der Waals surface area contributed by atoms with Crippen molar-refractivity contribution in [3.63, 3.8) is 0 Å². The van der Waals surface area contributed by atoms with E-state index in [1.165, 1.54) is 25.7 Å². The summed E-state index contributed by atoms with van der Waals surface area (Å²) in [4.78, 5) is 67.0. The van der Waals surface area contributed by atoms with Crippen molar-refractivity contribution in [2.24, 2.45) is 34.3 Å². The number of hydrogen-bond acceptors (Lipinski definition) is 5. The Hall–Kier alpha value is -2.86. The topological polar surface area (TPSA) is 142 Å². The smallest absolute Gasteiger partial charge is 0.368 e. The summed E-state index contributed by atoms with van der Waals surface area (Å²) in [5.41, 5.74) is 4.02. The summed E-state index contributed by atoms with van der Waals surface area (Å²) in [6.07, 6.45) is -2.82. The molecule has 0 aromatic rings. The van der Waals surface area contributed by atoms with E-state index in [9.17, 15) is 37.1 Å². The van der Waals surface area contributed by atoms with Crippen molar-refractivity contribution >= 4 is 29.5 Å². The number of hydrogen-bond donors (Lipinski definition) is 3.